The molecule has 0 spiro atoms. The lowest BCUT2D eigenvalue weighted by Gasteiger charge is -2.33. The smallest absolute Gasteiger partial charge is 0.0547 e. The predicted octanol–water partition coefficient (Wildman–Crippen LogP) is 24.2. The number of anilines is 6. The van der Waals surface area contributed by atoms with Crippen molar-refractivity contribution in [1.82, 2.24) is 0 Å². The van der Waals surface area contributed by atoms with Gasteiger partial charge in [-0.2, -0.15) is 0 Å². The standard InChI is InChI=1S/C80H56N2S2/c1-49-43-55(59-33-21-35-65-61-31-17-19-37-73(61)83-79(59)65)44-50(2)77(49)81(57-27-13-7-14-28-57)71-47-69(53-23-9-5-10-24-53)63-40-42-68-72(48-70(54-25-11-6-12-26-54)64-39-41-67(71)75(63)76(64)68)82(58-29-15-8-16-30-58)78-51(3)45-56(46-52(78)4)60-34-22-36-66-62-32-18-20-38-74(62)84-80(60)66/h5-48H,1-4H3. The van der Waals surface area contributed by atoms with Gasteiger partial charge in [0.25, 0.3) is 0 Å². The van der Waals surface area contributed by atoms with Crippen molar-refractivity contribution < 1.29 is 0 Å². The Labute approximate surface area is 497 Å². The van der Waals surface area contributed by atoms with Crippen LogP contribution in [0.25, 0.3) is 117 Å². The first-order valence-electron chi connectivity index (χ1n) is 29.0. The molecule has 0 fully saturated rings. The molecule has 16 rings (SSSR count). The minimum atomic E-state index is 1.11. The Balaban J connectivity index is 0.965. The predicted molar refractivity (Wildman–Crippen MR) is 366 cm³/mol. The Hall–Kier alpha value is -9.84. The third-order valence-corrected chi connectivity index (χ3v) is 19.8. The monoisotopic (exact) mass is 1110 g/mol. The van der Waals surface area contributed by atoms with Crippen molar-refractivity contribution in [3.63, 3.8) is 0 Å². The fourth-order valence-corrected chi connectivity index (χ4v) is 16.3. The number of thiophene rings is 2. The maximum atomic E-state index is 2.55. The Morgan fingerprint density at radius 3 is 0.976 bits per heavy atom. The van der Waals surface area contributed by atoms with E-state index in [4.69, 9.17) is 0 Å². The number of hydrogen-bond donors (Lipinski definition) is 0. The SMILES string of the molecule is Cc1cc(-c2cccc3c2sc2ccccc23)cc(C)c1N(c1ccccc1)c1cc(-c2ccccc2)c2ccc3c(N(c4ccccc4)c4c(C)cc(-c5cccc6c5sc5ccccc56)cc4C)cc(-c4ccccc4)c4ccc1c2c43. The number of aryl methyl sites for hydroxylation is 4. The van der Waals surface area contributed by atoms with Crippen LogP contribution in [0.3, 0.4) is 0 Å². The van der Waals surface area contributed by atoms with Crippen LogP contribution < -0.4 is 9.80 Å². The van der Waals surface area contributed by atoms with E-state index in [2.05, 4.69) is 304 Å². The number of rotatable bonds is 10. The average Bonchev–Trinajstić information content (AvgIpc) is 1.10. The molecule has 398 valence electrons. The summed E-state index contributed by atoms with van der Waals surface area (Å²) in [5.74, 6) is 0. The van der Waals surface area contributed by atoms with Crippen LogP contribution >= 0.6 is 22.7 Å². The van der Waals surface area contributed by atoms with E-state index in [1.807, 2.05) is 22.7 Å². The van der Waals surface area contributed by atoms with Gasteiger partial charge in [0.1, 0.15) is 0 Å². The van der Waals surface area contributed by atoms with Crippen molar-refractivity contribution in [1.29, 1.82) is 0 Å². The number of hydrogen-bond acceptors (Lipinski definition) is 4. The Morgan fingerprint density at radius 1 is 0.250 bits per heavy atom. The fourth-order valence-electron chi connectivity index (χ4n) is 13.8. The van der Waals surface area contributed by atoms with Crippen LogP contribution in [0.5, 0.6) is 0 Å². The maximum absolute atomic E-state index is 2.55. The summed E-state index contributed by atoms with van der Waals surface area (Å²) in [4.78, 5) is 5.10. The number of fused-ring (bicyclic) bond motifs is 6. The number of para-hydroxylation sites is 2. The van der Waals surface area contributed by atoms with E-state index in [0.717, 1.165) is 22.7 Å². The van der Waals surface area contributed by atoms with Gasteiger partial charge in [-0.3, -0.25) is 0 Å². The number of nitrogens with zero attached hydrogens (tertiary/aromatic N) is 2. The molecule has 0 aliphatic rings. The van der Waals surface area contributed by atoms with Crippen molar-refractivity contribution >= 4 is 129 Å². The Bertz CT molecular complexity index is 4860. The molecule has 14 aromatic carbocycles. The molecule has 4 heteroatoms. The van der Waals surface area contributed by atoms with E-state index in [1.165, 1.54) is 151 Å². The van der Waals surface area contributed by atoms with Gasteiger partial charge in [-0.25, -0.2) is 0 Å². The molecule has 16 aromatic rings. The molecular formula is C80H56N2S2. The van der Waals surface area contributed by atoms with E-state index in [0.29, 0.717) is 0 Å². The van der Waals surface area contributed by atoms with Gasteiger partial charge in [0, 0.05) is 73.3 Å². The van der Waals surface area contributed by atoms with Crippen LogP contribution in [-0.2, 0) is 0 Å². The Kier molecular flexibility index (Phi) is 11.9. The third-order valence-electron chi connectivity index (χ3n) is 17.4. The van der Waals surface area contributed by atoms with Crippen molar-refractivity contribution in [2.45, 2.75) is 27.7 Å². The molecule has 0 atom stereocenters. The van der Waals surface area contributed by atoms with E-state index < -0.39 is 0 Å². The second kappa shape index (κ2) is 20.0. The highest BCUT2D eigenvalue weighted by Gasteiger charge is 2.29. The molecular weight excluding hydrogens is 1050 g/mol. The lowest BCUT2D eigenvalue weighted by molar-refractivity contribution is 1.23. The van der Waals surface area contributed by atoms with Gasteiger partial charge in [-0.1, -0.05) is 194 Å². The van der Waals surface area contributed by atoms with E-state index in [1.54, 1.807) is 0 Å². The fraction of sp³-hybridized carbons (Fsp3) is 0.0500. The minimum Gasteiger partial charge on any atom is -0.309 e. The highest BCUT2D eigenvalue weighted by atomic mass is 32.1. The maximum Gasteiger partial charge on any atom is 0.0547 e. The zero-order valence-corrected chi connectivity index (χ0v) is 48.7. The molecule has 0 unspecified atom stereocenters. The largest absolute Gasteiger partial charge is 0.309 e. The van der Waals surface area contributed by atoms with Gasteiger partial charge in [0.15, 0.2) is 0 Å². The quantitative estimate of drug-likeness (QED) is 0.126. The lowest BCUT2D eigenvalue weighted by atomic mass is 9.85. The van der Waals surface area contributed by atoms with Gasteiger partial charge in [-0.05, 0) is 178 Å². The van der Waals surface area contributed by atoms with Gasteiger partial charge >= 0.3 is 0 Å². The molecule has 0 N–H and O–H groups in total. The Morgan fingerprint density at radius 2 is 0.583 bits per heavy atom. The first-order valence-corrected chi connectivity index (χ1v) is 30.6. The molecule has 84 heavy (non-hydrogen) atoms. The molecule has 0 saturated heterocycles. The molecule has 2 heterocycles. The molecule has 0 bridgehead atoms. The molecule has 0 amide bonds. The summed E-state index contributed by atoms with van der Waals surface area (Å²) in [6, 6.07) is 99.6. The summed E-state index contributed by atoms with van der Waals surface area (Å²) < 4.78 is 5.28. The van der Waals surface area contributed by atoms with Crippen molar-refractivity contribution in [2.75, 3.05) is 9.80 Å². The van der Waals surface area contributed by atoms with Crippen molar-refractivity contribution in [3.8, 4) is 44.5 Å². The van der Waals surface area contributed by atoms with Crippen LogP contribution in [0, 0.1) is 27.7 Å². The second-order valence-electron chi connectivity index (χ2n) is 22.5. The van der Waals surface area contributed by atoms with Crippen molar-refractivity contribution in [2.24, 2.45) is 0 Å². The molecule has 0 radical (unpaired) electrons. The van der Waals surface area contributed by atoms with Crippen LogP contribution in [0.4, 0.5) is 34.1 Å². The normalized spacial score (nSPS) is 11.8. The highest BCUT2D eigenvalue weighted by molar-refractivity contribution is 7.26. The van der Waals surface area contributed by atoms with Crippen LogP contribution in [0.1, 0.15) is 22.3 Å². The van der Waals surface area contributed by atoms with Crippen LogP contribution in [0.15, 0.2) is 267 Å². The van der Waals surface area contributed by atoms with Crippen molar-refractivity contribution in [3.05, 3.63) is 289 Å². The highest BCUT2D eigenvalue weighted by Crippen LogP contribution is 2.54. The summed E-state index contributed by atoms with van der Waals surface area (Å²) in [5, 5.41) is 12.6. The van der Waals surface area contributed by atoms with Gasteiger partial charge in [0.2, 0.25) is 0 Å². The summed E-state index contributed by atoms with van der Waals surface area (Å²) in [7, 11) is 0. The van der Waals surface area contributed by atoms with Gasteiger partial charge < -0.3 is 9.80 Å². The first-order chi connectivity index (χ1) is 41.3. The average molecular weight is 1110 g/mol. The topological polar surface area (TPSA) is 6.48 Å². The van der Waals surface area contributed by atoms with Gasteiger partial charge in [-0.15, -0.1) is 22.7 Å². The zero-order valence-electron chi connectivity index (χ0n) is 47.1. The molecule has 0 aliphatic heterocycles. The lowest BCUT2D eigenvalue weighted by Crippen LogP contribution is -2.15. The summed E-state index contributed by atoms with van der Waals surface area (Å²) in [6.45, 7) is 9.22. The third kappa shape index (κ3) is 7.97. The van der Waals surface area contributed by atoms with E-state index in [-0.39, 0.29) is 0 Å². The van der Waals surface area contributed by atoms with Crippen LogP contribution in [0.2, 0.25) is 0 Å². The molecule has 2 nitrogen and oxygen atoms in total. The minimum absolute atomic E-state index is 1.11. The zero-order chi connectivity index (χ0) is 56.2. The number of benzene rings is 14. The first kappa shape index (κ1) is 49.9. The summed E-state index contributed by atoms with van der Waals surface area (Å²) in [6.07, 6.45) is 0. The molecule has 2 aromatic heterocycles. The van der Waals surface area contributed by atoms with Crippen LogP contribution in [-0.4, -0.2) is 0 Å². The van der Waals surface area contributed by atoms with E-state index in [9.17, 15) is 0 Å². The molecule has 0 saturated carbocycles. The van der Waals surface area contributed by atoms with E-state index >= 15 is 0 Å². The summed E-state index contributed by atoms with van der Waals surface area (Å²) >= 11 is 3.78. The second-order valence-corrected chi connectivity index (χ2v) is 24.6. The summed E-state index contributed by atoms with van der Waals surface area (Å²) in [5.41, 5.74) is 21.4. The van der Waals surface area contributed by atoms with Gasteiger partial charge in [0.05, 0.1) is 22.7 Å². The molecule has 0 aliphatic carbocycles.